The van der Waals surface area contributed by atoms with Crippen molar-refractivity contribution in [1.82, 2.24) is 15.5 Å². The van der Waals surface area contributed by atoms with E-state index in [0.717, 1.165) is 44.8 Å². The maximum absolute atomic E-state index is 12.1. The monoisotopic (exact) mass is 291 g/mol. The Morgan fingerprint density at radius 1 is 1.25 bits per heavy atom. The summed E-state index contributed by atoms with van der Waals surface area (Å²) in [5.74, 6) is 2.48. The van der Waals surface area contributed by atoms with E-state index in [4.69, 9.17) is 0 Å². The third-order valence-corrected chi connectivity index (χ3v) is 4.86. The van der Waals surface area contributed by atoms with Gasteiger partial charge in [-0.1, -0.05) is 6.07 Å². The van der Waals surface area contributed by atoms with Gasteiger partial charge >= 0.3 is 0 Å². The number of hydrogen-bond donors (Lipinski definition) is 2. The summed E-state index contributed by atoms with van der Waals surface area (Å²) in [6, 6.07) is 6.01. The van der Waals surface area contributed by atoms with Gasteiger partial charge in [-0.05, 0) is 23.3 Å². The summed E-state index contributed by atoms with van der Waals surface area (Å²) < 4.78 is 0. The van der Waals surface area contributed by atoms with E-state index in [2.05, 4.69) is 21.6 Å². The Balaban J connectivity index is 1.49. The van der Waals surface area contributed by atoms with Gasteiger partial charge in [0.05, 0.1) is 0 Å². The minimum absolute atomic E-state index is 0.0473. The predicted octanol–water partition coefficient (Wildman–Crippen LogP) is 1.07. The average molecular weight is 291 g/mol. The largest absolute Gasteiger partial charge is 0.351 e. The summed E-state index contributed by atoms with van der Waals surface area (Å²) in [5, 5.41) is 6.33. The SMILES string of the molecule is O=C(NCCN1CCSCC1)c1ccc2c(c1)CNC2. The lowest BCUT2D eigenvalue weighted by molar-refractivity contribution is 0.0949. The smallest absolute Gasteiger partial charge is 0.251 e. The van der Waals surface area contributed by atoms with Crippen LogP contribution in [0.1, 0.15) is 21.5 Å². The molecule has 1 aromatic rings. The molecule has 0 spiro atoms. The molecular weight excluding hydrogens is 270 g/mol. The van der Waals surface area contributed by atoms with Gasteiger partial charge in [0, 0.05) is 56.3 Å². The van der Waals surface area contributed by atoms with E-state index >= 15 is 0 Å². The molecule has 0 atom stereocenters. The highest BCUT2D eigenvalue weighted by Crippen LogP contribution is 2.16. The lowest BCUT2D eigenvalue weighted by atomic mass is 10.1. The second-order valence-electron chi connectivity index (χ2n) is 5.30. The normalized spacial score (nSPS) is 18.8. The standard InChI is InChI=1S/C15H21N3OS/c19-15(17-3-4-18-5-7-20-8-6-18)12-1-2-13-10-16-11-14(13)9-12/h1-2,9,16H,3-8,10-11H2,(H,17,19). The highest BCUT2D eigenvalue weighted by molar-refractivity contribution is 7.99. The molecule has 1 saturated heterocycles. The first-order chi connectivity index (χ1) is 9.83. The van der Waals surface area contributed by atoms with Crippen LogP contribution in [0.2, 0.25) is 0 Å². The number of nitrogens with zero attached hydrogens (tertiary/aromatic N) is 1. The van der Waals surface area contributed by atoms with E-state index in [9.17, 15) is 4.79 Å². The first kappa shape index (κ1) is 13.9. The van der Waals surface area contributed by atoms with Crippen molar-refractivity contribution < 1.29 is 4.79 Å². The fourth-order valence-corrected chi connectivity index (χ4v) is 3.67. The van der Waals surface area contributed by atoms with Crippen LogP contribution in [0.5, 0.6) is 0 Å². The highest BCUT2D eigenvalue weighted by Gasteiger charge is 2.14. The van der Waals surface area contributed by atoms with E-state index in [1.165, 1.54) is 22.6 Å². The lowest BCUT2D eigenvalue weighted by Crippen LogP contribution is -2.39. The van der Waals surface area contributed by atoms with Gasteiger partial charge in [0.25, 0.3) is 5.91 Å². The summed E-state index contributed by atoms with van der Waals surface area (Å²) in [5.41, 5.74) is 3.35. The lowest BCUT2D eigenvalue weighted by Gasteiger charge is -2.26. The number of benzene rings is 1. The molecule has 0 unspecified atom stereocenters. The van der Waals surface area contributed by atoms with Crippen molar-refractivity contribution in [3.63, 3.8) is 0 Å². The number of rotatable bonds is 4. The molecule has 3 rings (SSSR count). The molecule has 4 nitrogen and oxygen atoms in total. The molecule has 0 aliphatic carbocycles. The van der Waals surface area contributed by atoms with Crippen LogP contribution in [-0.2, 0) is 13.1 Å². The number of thioether (sulfide) groups is 1. The van der Waals surface area contributed by atoms with E-state index in [1.54, 1.807) is 0 Å². The molecular formula is C15H21N3OS. The maximum atomic E-state index is 12.1. The zero-order valence-corrected chi connectivity index (χ0v) is 12.5. The Kier molecular flexibility index (Phi) is 4.60. The Hall–Kier alpha value is -1.04. The first-order valence-electron chi connectivity index (χ1n) is 7.24. The second kappa shape index (κ2) is 6.61. The summed E-state index contributed by atoms with van der Waals surface area (Å²) in [7, 11) is 0. The van der Waals surface area contributed by atoms with Crippen LogP contribution in [-0.4, -0.2) is 48.5 Å². The van der Waals surface area contributed by atoms with Crippen molar-refractivity contribution in [2.24, 2.45) is 0 Å². The van der Waals surface area contributed by atoms with Crippen molar-refractivity contribution in [1.29, 1.82) is 0 Å². The number of hydrogen-bond acceptors (Lipinski definition) is 4. The van der Waals surface area contributed by atoms with Gasteiger partial charge in [-0.25, -0.2) is 0 Å². The van der Waals surface area contributed by atoms with Crippen LogP contribution in [0.4, 0.5) is 0 Å². The first-order valence-corrected chi connectivity index (χ1v) is 8.39. The van der Waals surface area contributed by atoms with E-state index in [0.29, 0.717) is 0 Å². The molecule has 1 amide bonds. The van der Waals surface area contributed by atoms with Crippen molar-refractivity contribution in [2.75, 3.05) is 37.7 Å². The van der Waals surface area contributed by atoms with Crippen molar-refractivity contribution in [3.8, 4) is 0 Å². The van der Waals surface area contributed by atoms with Crippen LogP contribution < -0.4 is 10.6 Å². The molecule has 0 radical (unpaired) electrons. The minimum Gasteiger partial charge on any atom is -0.351 e. The molecule has 2 aliphatic heterocycles. The minimum atomic E-state index is 0.0473. The zero-order chi connectivity index (χ0) is 13.8. The van der Waals surface area contributed by atoms with Crippen LogP contribution in [0.15, 0.2) is 18.2 Å². The van der Waals surface area contributed by atoms with Crippen LogP contribution in [0.25, 0.3) is 0 Å². The summed E-state index contributed by atoms with van der Waals surface area (Å²) >= 11 is 2.01. The third-order valence-electron chi connectivity index (χ3n) is 3.92. The Morgan fingerprint density at radius 2 is 2.05 bits per heavy atom. The van der Waals surface area contributed by atoms with E-state index < -0.39 is 0 Å². The van der Waals surface area contributed by atoms with Gasteiger partial charge in [0.1, 0.15) is 0 Å². The molecule has 1 aromatic carbocycles. The Labute approximate surface area is 124 Å². The molecule has 108 valence electrons. The fourth-order valence-electron chi connectivity index (χ4n) is 2.69. The van der Waals surface area contributed by atoms with Gasteiger partial charge in [-0.2, -0.15) is 11.8 Å². The van der Waals surface area contributed by atoms with Gasteiger partial charge in [0.2, 0.25) is 0 Å². The van der Waals surface area contributed by atoms with Gasteiger partial charge in [-0.3, -0.25) is 9.69 Å². The maximum Gasteiger partial charge on any atom is 0.251 e. The van der Waals surface area contributed by atoms with E-state index in [1.807, 2.05) is 23.9 Å². The van der Waals surface area contributed by atoms with Crippen LogP contribution >= 0.6 is 11.8 Å². The zero-order valence-electron chi connectivity index (χ0n) is 11.7. The Morgan fingerprint density at radius 3 is 2.90 bits per heavy atom. The van der Waals surface area contributed by atoms with Crippen molar-refractivity contribution in [2.45, 2.75) is 13.1 Å². The molecule has 2 N–H and O–H groups in total. The molecule has 2 heterocycles. The number of carbonyl (C=O) groups is 1. The summed E-state index contributed by atoms with van der Waals surface area (Å²) in [6.07, 6.45) is 0. The molecule has 20 heavy (non-hydrogen) atoms. The molecule has 0 saturated carbocycles. The molecule has 1 fully saturated rings. The predicted molar refractivity (Wildman–Crippen MR) is 83.1 cm³/mol. The number of carbonyl (C=O) groups excluding carboxylic acids is 1. The summed E-state index contributed by atoms with van der Waals surface area (Å²) in [4.78, 5) is 14.6. The third kappa shape index (κ3) is 3.34. The van der Waals surface area contributed by atoms with Crippen LogP contribution in [0.3, 0.4) is 0 Å². The molecule has 0 aromatic heterocycles. The quantitative estimate of drug-likeness (QED) is 0.871. The van der Waals surface area contributed by atoms with Crippen LogP contribution in [0, 0.1) is 0 Å². The summed E-state index contributed by atoms with van der Waals surface area (Å²) in [6.45, 7) is 5.78. The van der Waals surface area contributed by atoms with Gasteiger partial charge < -0.3 is 10.6 Å². The molecule has 0 bridgehead atoms. The van der Waals surface area contributed by atoms with Gasteiger partial charge in [0.15, 0.2) is 0 Å². The van der Waals surface area contributed by atoms with E-state index in [-0.39, 0.29) is 5.91 Å². The number of amides is 1. The fraction of sp³-hybridized carbons (Fsp3) is 0.533. The Bertz CT molecular complexity index is 486. The number of nitrogens with one attached hydrogen (secondary N) is 2. The number of fused-ring (bicyclic) bond motifs is 1. The van der Waals surface area contributed by atoms with Gasteiger partial charge in [-0.15, -0.1) is 0 Å². The molecule has 5 heteroatoms. The molecule has 2 aliphatic rings. The second-order valence-corrected chi connectivity index (χ2v) is 6.52. The highest BCUT2D eigenvalue weighted by atomic mass is 32.2. The van der Waals surface area contributed by atoms with Crippen molar-refractivity contribution in [3.05, 3.63) is 34.9 Å². The topological polar surface area (TPSA) is 44.4 Å². The van der Waals surface area contributed by atoms with Crippen molar-refractivity contribution >= 4 is 17.7 Å². The average Bonchev–Trinajstić information content (AvgIpc) is 2.95.